The summed E-state index contributed by atoms with van der Waals surface area (Å²) < 4.78 is 0. The van der Waals surface area contributed by atoms with Gasteiger partial charge >= 0.3 is 6.03 Å². The molecule has 0 unspecified atom stereocenters. The maximum atomic E-state index is 13.0. The molecule has 2 saturated heterocycles. The molecule has 2 fully saturated rings. The molecule has 0 saturated carbocycles. The quantitative estimate of drug-likeness (QED) is 0.651. The Morgan fingerprint density at radius 3 is 2.53 bits per heavy atom. The molecule has 2 amide bonds. The SMILES string of the molecule is C[C@H](O)C#Cc1ccc([C@@H]2[C@@H](CO)N3CCCCN(C(=O)Nc4ccccc4)C[C@H]23)cc1. The molecule has 2 aliphatic heterocycles. The molecule has 4 rings (SSSR count). The van der Waals surface area contributed by atoms with Crippen molar-refractivity contribution in [2.45, 2.75) is 43.9 Å². The molecule has 2 heterocycles. The molecule has 2 aromatic carbocycles. The van der Waals surface area contributed by atoms with Gasteiger partial charge in [0, 0.05) is 42.3 Å². The smallest absolute Gasteiger partial charge is 0.321 e. The molecule has 6 heteroatoms. The van der Waals surface area contributed by atoms with Gasteiger partial charge in [-0.05, 0) is 56.1 Å². The van der Waals surface area contributed by atoms with E-state index in [1.807, 2.05) is 47.4 Å². The van der Waals surface area contributed by atoms with Crippen LogP contribution < -0.4 is 5.32 Å². The van der Waals surface area contributed by atoms with Crippen molar-refractivity contribution in [1.82, 2.24) is 9.80 Å². The second-order valence-electron chi connectivity index (χ2n) is 8.60. The molecule has 0 radical (unpaired) electrons. The third-order valence-electron chi connectivity index (χ3n) is 6.40. The van der Waals surface area contributed by atoms with Gasteiger partial charge in [0.1, 0.15) is 6.10 Å². The predicted molar refractivity (Wildman–Crippen MR) is 125 cm³/mol. The van der Waals surface area contributed by atoms with Crippen LogP contribution in [-0.2, 0) is 0 Å². The first-order valence-corrected chi connectivity index (χ1v) is 11.3. The van der Waals surface area contributed by atoms with E-state index in [9.17, 15) is 15.0 Å². The van der Waals surface area contributed by atoms with E-state index >= 15 is 0 Å². The molecule has 0 spiro atoms. The van der Waals surface area contributed by atoms with Gasteiger partial charge in [0.25, 0.3) is 0 Å². The van der Waals surface area contributed by atoms with Crippen molar-refractivity contribution in [1.29, 1.82) is 0 Å². The average molecular weight is 434 g/mol. The first kappa shape index (κ1) is 22.3. The minimum atomic E-state index is -0.656. The molecule has 0 aliphatic carbocycles. The lowest BCUT2D eigenvalue weighted by atomic mass is 9.74. The molecular formula is C26H31N3O3. The summed E-state index contributed by atoms with van der Waals surface area (Å²) >= 11 is 0. The number of para-hydroxylation sites is 1. The van der Waals surface area contributed by atoms with E-state index in [0.29, 0.717) is 6.54 Å². The summed E-state index contributed by atoms with van der Waals surface area (Å²) in [4.78, 5) is 17.3. The standard InChI is InChI=1S/C26H31N3O3/c1-19(31)9-10-20-11-13-21(14-12-20)25-23-17-28(15-5-6-16-29(23)24(25)18-30)26(32)27-22-7-3-2-4-8-22/h2-4,7-8,11-14,19,23-25,30-31H,5-6,15-18H2,1H3,(H,27,32)/t19-,23+,24+,25-/m0/s1. The third kappa shape index (κ3) is 4.97. The highest BCUT2D eigenvalue weighted by molar-refractivity contribution is 5.89. The van der Waals surface area contributed by atoms with E-state index in [1.165, 1.54) is 0 Å². The summed E-state index contributed by atoms with van der Waals surface area (Å²) in [5.74, 6) is 5.89. The van der Waals surface area contributed by atoms with Crippen LogP contribution in [-0.4, -0.2) is 70.5 Å². The Labute approximate surface area is 189 Å². The van der Waals surface area contributed by atoms with E-state index in [2.05, 4.69) is 34.2 Å². The van der Waals surface area contributed by atoms with Gasteiger partial charge in [0.15, 0.2) is 0 Å². The number of carbonyl (C=O) groups excluding carboxylic acids is 1. The normalized spacial score (nSPS) is 24.1. The van der Waals surface area contributed by atoms with E-state index in [1.54, 1.807) is 6.92 Å². The Hall–Kier alpha value is -2.85. The number of hydrogen-bond donors (Lipinski definition) is 3. The fourth-order valence-corrected chi connectivity index (χ4v) is 4.83. The van der Waals surface area contributed by atoms with Crippen molar-refractivity contribution in [3.63, 3.8) is 0 Å². The lowest BCUT2D eigenvalue weighted by molar-refractivity contribution is -0.0585. The van der Waals surface area contributed by atoms with Crippen molar-refractivity contribution >= 4 is 11.7 Å². The Morgan fingerprint density at radius 1 is 1.12 bits per heavy atom. The summed E-state index contributed by atoms with van der Waals surface area (Å²) in [6.07, 6.45) is 1.30. The molecule has 6 nitrogen and oxygen atoms in total. The molecule has 0 aromatic heterocycles. The first-order valence-electron chi connectivity index (χ1n) is 11.3. The molecule has 2 aromatic rings. The molecule has 2 aliphatic rings. The minimum Gasteiger partial charge on any atom is -0.395 e. The lowest BCUT2D eigenvalue weighted by Gasteiger charge is -2.57. The Morgan fingerprint density at radius 2 is 1.84 bits per heavy atom. The third-order valence-corrected chi connectivity index (χ3v) is 6.40. The second-order valence-corrected chi connectivity index (χ2v) is 8.60. The van der Waals surface area contributed by atoms with Gasteiger partial charge in [-0.3, -0.25) is 4.90 Å². The van der Waals surface area contributed by atoms with Gasteiger partial charge in [0.2, 0.25) is 0 Å². The lowest BCUT2D eigenvalue weighted by Crippen LogP contribution is -2.68. The van der Waals surface area contributed by atoms with E-state index in [-0.39, 0.29) is 30.6 Å². The maximum Gasteiger partial charge on any atom is 0.321 e. The van der Waals surface area contributed by atoms with Gasteiger partial charge in [-0.15, -0.1) is 0 Å². The highest BCUT2D eigenvalue weighted by Crippen LogP contribution is 2.42. The van der Waals surface area contributed by atoms with Crippen LogP contribution in [0.2, 0.25) is 0 Å². The minimum absolute atomic E-state index is 0.0616. The van der Waals surface area contributed by atoms with Crippen LogP contribution in [0.15, 0.2) is 54.6 Å². The zero-order chi connectivity index (χ0) is 22.5. The van der Waals surface area contributed by atoms with Crippen LogP contribution in [0.4, 0.5) is 10.5 Å². The van der Waals surface area contributed by atoms with Crippen molar-refractivity contribution < 1.29 is 15.0 Å². The summed E-state index contributed by atoms with van der Waals surface area (Å²) in [5.41, 5.74) is 2.80. The predicted octanol–water partition coefficient (Wildman–Crippen LogP) is 2.88. The maximum absolute atomic E-state index is 13.0. The van der Waals surface area contributed by atoms with E-state index < -0.39 is 6.10 Å². The van der Waals surface area contributed by atoms with E-state index in [0.717, 1.165) is 42.7 Å². The number of amides is 2. The van der Waals surface area contributed by atoms with Gasteiger partial charge in [-0.1, -0.05) is 42.2 Å². The van der Waals surface area contributed by atoms with Crippen LogP contribution in [0.3, 0.4) is 0 Å². The van der Waals surface area contributed by atoms with Crippen molar-refractivity contribution in [2.75, 3.05) is 31.6 Å². The Bertz CT molecular complexity index is 965. The van der Waals surface area contributed by atoms with Crippen LogP contribution in [0.5, 0.6) is 0 Å². The van der Waals surface area contributed by atoms with Crippen molar-refractivity contribution in [3.05, 3.63) is 65.7 Å². The molecular weight excluding hydrogens is 402 g/mol. The van der Waals surface area contributed by atoms with Crippen molar-refractivity contribution in [3.8, 4) is 11.8 Å². The van der Waals surface area contributed by atoms with Crippen LogP contribution in [0.1, 0.15) is 36.8 Å². The van der Waals surface area contributed by atoms with Gasteiger partial charge < -0.3 is 20.4 Å². The molecule has 168 valence electrons. The monoisotopic (exact) mass is 433 g/mol. The number of aliphatic hydroxyl groups excluding tert-OH is 2. The fourth-order valence-electron chi connectivity index (χ4n) is 4.83. The number of fused-ring (bicyclic) bond motifs is 1. The fraction of sp³-hybridized carbons (Fsp3) is 0.423. The highest BCUT2D eigenvalue weighted by atomic mass is 16.3. The number of carbonyl (C=O) groups is 1. The number of aliphatic hydroxyl groups is 2. The summed E-state index contributed by atoms with van der Waals surface area (Å²) in [7, 11) is 0. The zero-order valence-corrected chi connectivity index (χ0v) is 18.4. The number of anilines is 1. The zero-order valence-electron chi connectivity index (χ0n) is 18.4. The van der Waals surface area contributed by atoms with E-state index in [4.69, 9.17) is 0 Å². The topological polar surface area (TPSA) is 76.0 Å². The first-order chi connectivity index (χ1) is 15.6. The largest absolute Gasteiger partial charge is 0.395 e. The number of benzene rings is 2. The van der Waals surface area contributed by atoms with Gasteiger partial charge in [0.05, 0.1) is 6.61 Å². The Kier molecular flexibility index (Phi) is 7.11. The molecule has 0 bridgehead atoms. The van der Waals surface area contributed by atoms with Gasteiger partial charge in [-0.25, -0.2) is 4.79 Å². The number of urea groups is 1. The second kappa shape index (κ2) is 10.2. The van der Waals surface area contributed by atoms with Crippen molar-refractivity contribution in [2.24, 2.45) is 0 Å². The average Bonchev–Trinajstić information content (AvgIpc) is 2.78. The molecule has 32 heavy (non-hydrogen) atoms. The number of rotatable bonds is 3. The Balaban J connectivity index is 1.51. The number of nitrogens with zero attached hydrogens (tertiary/aromatic N) is 2. The molecule has 4 atom stereocenters. The molecule has 3 N–H and O–H groups in total. The summed E-state index contributed by atoms with van der Waals surface area (Å²) in [5, 5.41) is 22.5. The summed E-state index contributed by atoms with van der Waals surface area (Å²) in [6, 6.07) is 17.7. The summed E-state index contributed by atoms with van der Waals surface area (Å²) in [6.45, 7) is 4.04. The number of nitrogens with one attached hydrogen (secondary N) is 1. The van der Waals surface area contributed by atoms with Crippen LogP contribution in [0.25, 0.3) is 0 Å². The highest BCUT2D eigenvalue weighted by Gasteiger charge is 2.49. The number of hydrogen-bond acceptors (Lipinski definition) is 4. The van der Waals surface area contributed by atoms with Crippen LogP contribution >= 0.6 is 0 Å². The van der Waals surface area contributed by atoms with Gasteiger partial charge in [-0.2, -0.15) is 0 Å². The van der Waals surface area contributed by atoms with Crippen LogP contribution in [0, 0.1) is 11.8 Å².